The van der Waals surface area contributed by atoms with E-state index in [0.717, 1.165) is 10.6 Å². The molecule has 0 unspecified atom stereocenters. The molecule has 0 bridgehead atoms. The Morgan fingerprint density at radius 2 is 2.12 bits per heavy atom. The Kier molecular flexibility index (Phi) is 3.01. The number of hydrogen-bond donors (Lipinski definition) is 1. The highest BCUT2D eigenvalue weighted by molar-refractivity contribution is 7.15. The number of nitrogens with one attached hydrogen (secondary N) is 1. The maximum absolute atomic E-state index is 10.9. The molecule has 1 N–H and O–H groups in total. The van der Waals surface area contributed by atoms with Crippen molar-refractivity contribution in [2.45, 2.75) is 13.8 Å². The molecule has 2 heterocycles. The van der Waals surface area contributed by atoms with Crippen LogP contribution in [0, 0.1) is 6.92 Å². The van der Waals surface area contributed by atoms with Crippen LogP contribution in [0.5, 0.6) is 0 Å². The maximum Gasteiger partial charge on any atom is 0.222 e. The summed E-state index contributed by atoms with van der Waals surface area (Å²) < 4.78 is 0. The van der Waals surface area contributed by atoms with Gasteiger partial charge in [-0.15, -0.1) is 11.3 Å². The standard InChI is InChI=1S/C12H12N2OS/c1-8-6-7-11(16-8)10-4-3-5-12(14-10)13-9(2)15/h3-7H,1-2H3,(H,13,14,15). The Labute approximate surface area is 98.2 Å². The zero-order chi connectivity index (χ0) is 11.5. The van der Waals surface area contributed by atoms with Crippen LogP contribution in [0.2, 0.25) is 0 Å². The van der Waals surface area contributed by atoms with Gasteiger partial charge in [0.2, 0.25) is 5.91 Å². The van der Waals surface area contributed by atoms with Gasteiger partial charge in [-0.2, -0.15) is 0 Å². The normalized spacial score (nSPS) is 10.1. The van der Waals surface area contributed by atoms with E-state index in [1.54, 1.807) is 17.4 Å². The Hall–Kier alpha value is -1.68. The number of carbonyl (C=O) groups excluding carboxylic acids is 1. The average Bonchev–Trinajstić information content (AvgIpc) is 2.64. The van der Waals surface area contributed by atoms with Gasteiger partial charge in [0.05, 0.1) is 10.6 Å². The van der Waals surface area contributed by atoms with E-state index in [9.17, 15) is 4.79 Å². The molecule has 0 spiro atoms. The molecule has 1 amide bonds. The second-order valence-electron chi connectivity index (χ2n) is 3.50. The summed E-state index contributed by atoms with van der Waals surface area (Å²) in [7, 11) is 0. The van der Waals surface area contributed by atoms with Crippen molar-refractivity contribution >= 4 is 23.1 Å². The number of thiophene rings is 1. The van der Waals surface area contributed by atoms with Gasteiger partial charge in [-0.1, -0.05) is 6.07 Å². The van der Waals surface area contributed by atoms with E-state index in [1.165, 1.54) is 11.8 Å². The highest BCUT2D eigenvalue weighted by Crippen LogP contribution is 2.26. The van der Waals surface area contributed by atoms with Crippen LogP contribution >= 0.6 is 11.3 Å². The molecule has 0 atom stereocenters. The fraction of sp³-hybridized carbons (Fsp3) is 0.167. The molecule has 0 aliphatic carbocycles. The van der Waals surface area contributed by atoms with Gasteiger partial charge >= 0.3 is 0 Å². The number of pyridine rings is 1. The summed E-state index contributed by atoms with van der Waals surface area (Å²) in [6, 6.07) is 9.72. The van der Waals surface area contributed by atoms with E-state index >= 15 is 0 Å². The van der Waals surface area contributed by atoms with Crippen molar-refractivity contribution in [1.29, 1.82) is 0 Å². The van der Waals surface area contributed by atoms with E-state index in [4.69, 9.17) is 0 Å². The zero-order valence-corrected chi connectivity index (χ0v) is 9.97. The van der Waals surface area contributed by atoms with Gasteiger partial charge in [0.25, 0.3) is 0 Å². The fourth-order valence-corrected chi connectivity index (χ4v) is 2.23. The first-order valence-corrected chi connectivity index (χ1v) is 5.78. The Morgan fingerprint density at radius 1 is 1.31 bits per heavy atom. The third-order valence-electron chi connectivity index (χ3n) is 2.05. The lowest BCUT2D eigenvalue weighted by Crippen LogP contribution is -2.07. The third kappa shape index (κ3) is 2.46. The van der Waals surface area contributed by atoms with Crippen molar-refractivity contribution in [3.05, 3.63) is 35.2 Å². The zero-order valence-electron chi connectivity index (χ0n) is 9.15. The molecule has 0 fully saturated rings. The van der Waals surface area contributed by atoms with E-state index < -0.39 is 0 Å². The van der Waals surface area contributed by atoms with E-state index in [-0.39, 0.29) is 5.91 Å². The van der Waals surface area contributed by atoms with Crippen molar-refractivity contribution in [2.75, 3.05) is 5.32 Å². The molecule has 2 aromatic rings. The summed E-state index contributed by atoms with van der Waals surface area (Å²) in [6.07, 6.45) is 0. The summed E-state index contributed by atoms with van der Waals surface area (Å²) in [6.45, 7) is 3.54. The minimum Gasteiger partial charge on any atom is -0.311 e. The highest BCUT2D eigenvalue weighted by Gasteiger charge is 2.03. The van der Waals surface area contributed by atoms with Gasteiger partial charge in [0.15, 0.2) is 0 Å². The summed E-state index contributed by atoms with van der Waals surface area (Å²) in [5.74, 6) is 0.489. The lowest BCUT2D eigenvalue weighted by atomic mass is 10.3. The number of amides is 1. The third-order valence-corrected chi connectivity index (χ3v) is 3.07. The molecule has 2 aromatic heterocycles. The second-order valence-corrected chi connectivity index (χ2v) is 4.79. The molecular weight excluding hydrogens is 220 g/mol. The highest BCUT2D eigenvalue weighted by atomic mass is 32.1. The summed E-state index contributed by atoms with van der Waals surface area (Å²) in [5.41, 5.74) is 0.893. The van der Waals surface area contributed by atoms with Crippen LogP contribution in [0.4, 0.5) is 5.82 Å². The first-order chi connectivity index (χ1) is 7.65. The molecule has 4 heteroatoms. The van der Waals surface area contributed by atoms with E-state index in [1.807, 2.05) is 18.2 Å². The van der Waals surface area contributed by atoms with Crippen LogP contribution in [-0.4, -0.2) is 10.9 Å². The van der Waals surface area contributed by atoms with Crippen LogP contribution < -0.4 is 5.32 Å². The van der Waals surface area contributed by atoms with Crippen molar-refractivity contribution in [3.8, 4) is 10.6 Å². The topological polar surface area (TPSA) is 42.0 Å². The Morgan fingerprint density at radius 3 is 2.75 bits per heavy atom. The molecular formula is C12H12N2OS. The van der Waals surface area contributed by atoms with Crippen LogP contribution in [0.15, 0.2) is 30.3 Å². The quantitative estimate of drug-likeness (QED) is 0.864. The SMILES string of the molecule is CC(=O)Nc1cccc(-c2ccc(C)s2)n1. The van der Waals surface area contributed by atoms with E-state index in [2.05, 4.69) is 23.3 Å². The number of aryl methyl sites for hydroxylation is 1. The molecule has 0 saturated carbocycles. The number of carbonyl (C=O) groups is 1. The molecule has 0 aliphatic heterocycles. The number of rotatable bonds is 2. The number of hydrogen-bond acceptors (Lipinski definition) is 3. The maximum atomic E-state index is 10.9. The van der Waals surface area contributed by atoms with E-state index in [0.29, 0.717) is 5.82 Å². The predicted octanol–water partition coefficient (Wildman–Crippen LogP) is 3.08. The van der Waals surface area contributed by atoms with Crippen molar-refractivity contribution in [1.82, 2.24) is 4.98 Å². The first kappa shape index (κ1) is 10.8. The monoisotopic (exact) mass is 232 g/mol. The van der Waals surface area contributed by atoms with Crippen molar-refractivity contribution in [3.63, 3.8) is 0 Å². The molecule has 0 aromatic carbocycles. The van der Waals surface area contributed by atoms with Crippen LogP contribution in [0.25, 0.3) is 10.6 Å². The molecule has 0 saturated heterocycles. The predicted molar refractivity (Wildman–Crippen MR) is 66.6 cm³/mol. The molecule has 0 radical (unpaired) electrons. The van der Waals surface area contributed by atoms with Crippen molar-refractivity contribution in [2.24, 2.45) is 0 Å². The van der Waals surface area contributed by atoms with Gasteiger partial charge in [0, 0.05) is 11.8 Å². The van der Waals surface area contributed by atoms with Gasteiger partial charge < -0.3 is 5.32 Å². The Balaban J connectivity index is 2.32. The van der Waals surface area contributed by atoms with Crippen LogP contribution in [-0.2, 0) is 4.79 Å². The summed E-state index contributed by atoms with van der Waals surface area (Å²) in [4.78, 5) is 17.7. The van der Waals surface area contributed by atoms with Gasteiger partial charge in [0.1, 0.15) is 5.82 Å². The van der Waals surface area contributed by atoms with Crippen LogP contribution in [0.1, 0.15) is 11.8 Å². The van der Waals surface area contributed by atoms with Gasteiger partial charge in [-0.25, -0.2) is 4.98 Å². The molecule has 82 valence electrons. The number of nitrogens with zero attached hydrogens (tertiary/aromatic N) is 1. The fourth-order valence-electron chi connectivity index (χ4n) is 1.39. The lowest BCUT2D eigenvalue weighted by molar-refractivity contribution is -0.114. The molecule has 2 rings (SSSR count). The molecule has 16 heavy (non-hydrogen) atoms. The first-order valence-electron chi connectivity index (χ1n) is 4.96. The van der Waals surface area contributed by atoms with Crippen molar-refractivity contribution < 1.29 is 4.79 Å². The minimum absolute atomic E-state index is 0.105. The van der Waals surface area contributed by atoms with Crippen LogP contribution in [0.3, 0.4) is 0 Å². The largest absolute Gasteiger partial charge is 0.311 e. The average molecular weight is 232 g/mol. The molecule has 0 aliphatic rings. The van der Waals surface area contributed by atoms with Gasteiger partial charge in [-0.05, 0) is 31.2 Å². The Bertz CT molecular complexity index is 519. The van der Waals surface area contributed by atoms with Gasteiger partial charge in [-0.3, -0.25) is 4.79 Å². The smallest absolute Gasteiger partial charge is 0.222 e. The molecule has 3 nitrogen and oxygen atoms in total. The lowest BCUT2D eigenvalue weighted by Gasteiger charge is -2.02. The number of aromatic nitrogens is 1. The summed E-state index contributed by atoms with van der Waals surface area (Å²) >= 11 is 1.69. The number of anilines is 1. The minimum atomic E-state index is -0.105. The second kappa shape index (κ2) is 4.45. The summed E-state index contributed by atoms with van der Waals surface area (Å²) in [5, 5.41) is 2.68.